The molecular formula is C20H26BrN3O3. The van der Waals surface area contributed by atoms with Gasteiger partial charge in [0.2, 0.25) is 11.8 Å². The second-order valence-corrected chi connectivity index (χ2v) is 8.02. The van der Waals surface area contributed by atoms with Gasteiger partial charge < -0.3 is 4.90 Å². The third-order valence-electron chi connectivity index (χ3n) is 5.53. The zero-order valence-electron chi connectivity index (χ0n) is 15.9. The summed E-state index contributed by atoms with van der Waals surface area (Å²) in [5.74, 6) is -0.294. The van der Waals surface area contributed by atoms with Crippen LogP contribution in [0.25, 0.3) is 0 Å². The molecule has 0 aliphatic carbocycles. The van der Waals surface area contributed by atoms with E-state index in [1.807, 2.05) is 35.8 Å². The zero-order valence-corrected chi connectivity index (χ0v) is 17.4. The fourth-order valence-electron chi connectivity index (χ4n) is 4.05. The molecule has 0 saturated carbocycles. The highest BCUT2D eigenvalue weighted by Gasteiger charge is 2.44. The largest absolute Gasteiger partial charge is 0.343 e. The van der Waals surface area contributed by atoms with Crippen LogP contribution in [0.5, 0.6) is 0 Å². The molecule has 27 heavy (non-hydrogen) atoms. The maximum Gasteiger partial charge on any atom is 0.251 e. The Kier molecular flexibility index (Phi) is 6.32. The van der Waals surface area contributed by atoms with E-state index in [4.69, 9.17) is 0 Å². The highest BCUT2D eigenvalue weighted by molar-refractivity contribution is 9.10. The Labute approximate surface area is 168 Å². The number of rotatable bonds is 5. The molecule has 0 spiro atoms. The minimum Gasteiger partial charge on any atom is -0.343 e. The highest BCUT2D eigenvalue weighted by Crippen LogP contribution is 2.29. The van der Waals surface area contributed by atoms with Gasteiger partial charge in [-0.05, 0) is 57.5 Å². The van der Waals surface area contributed by atoms with Crippen LogP contribution in [0.3, 0.4) is 0 Å². The van der Waals surface area contributed by atoms with Crippen LogP contribution in [0.2, 0.25) is 0 Å². The van der Waals surface area contributed by atoms with E-state index in [2.05, 4.69) is 15.9 Å². The zero-order chi connectivity index (χ0) is 19.6. The average Bonchev–Trinajstić information content (AvgIpc) is 2.98. The van der Waals surface area contributed by atoms with Gasteiger partial charge in [0.25, 0.3) is 5.91 Å². The minimum absolute atomic E-state index is 0.0942. The first-order chi connectivity index (χ1) is 13.0. The summed E-state index contributed by atoms with van der Waals surface area (Å²) in [6.07, 6.45) is 1.89. The Morgan fingerprint density at radius 3 is 2.48 bits per heavy atom. The number of likely N-dealkylation sites (tertiary alicyclic amines) is 1. The van der Waals surface area contributed by atoms with Crippen LogP contribution in [0.15, 0.2) is 28.7 Å². The lowest BCUT2D eigenvalue weighted by Crippen LogP contribution is -2.50. The normalized spacial score (nSPS) is 23.7. The number of imide groups is 1. The predicted molar refractivity (Wildman–Crippen MR) is 107 cm³/mol. The number of halogens is 1. The third kappa shape index (κ3) is 4.09. The van der Waals surface area contributed by atoms with E-state index in [1.54, 1.807) is 12.1 Å². The fourth-order valence-corrected chi connectivity index (χ4v) is 4.31. The standard InChI is InChI=1S/C20H26BrN3O3/c1-3-22(4-2)19(26)14-6-5-11-23(13-14)17-12-18(25)24(20(17)27)16-9-7-15(21)8-10-16/h7-10,14,17H,3-6,11-13H2,1-2H3/t14-,17+/m0/s1. The number of nitrogens with zero attached hydrogens (tertiary/aromatic N) is 3. The molecule has 1 aromatic carbocycles. The van der Waals surface area contributed by atoms with Crippen molar-refractivity contribution in [3.05, 3.63) is 28.7 Å². The van der Waals surface area contributed by atoms with Gasteiger partial charge in [0.15, 0.2) is 0 Å². The van der Waals surface area contributed by atoms with E-state index < -0.39 is 6.04 Å². The second kappa shape index (κ2) is 8.52. The predicted octanol–water partition coefficient (Wildman–Crippen LogP) is 2.66. The molecular weight excluding hydrogens is 410 g/mol. The van der Waals surface area contributed by atoms with E-state index >= 15 is 0 Å². The Balaban J connectivity index is 1.72. The van der Waals surface area contributed by atoms with Gasteiger partial charge in [-0.1, -0.05) is 15.9 Å². The maximum atomic E-state index is 13.0. The molecule has 146 valence electrons. The number of hydrogen-bond acceptors (Lipinski definition) is 4. The summed E-state index contributed by atoms with van der Waals surface area (Å²) in [6, 6.07) is 6.72. The Morgan fingerprint density at radius 2 is 1.85 bits per heavy atom. The van der Waals surface area contributed by atoms with Gasteiger partial charge in [-0.25, -0.2) is 4.90 Å². The first-order valence-electron chi connectivity index (χ1n) is 9.61. The molecule has 6 nitrogen and oxygen atoms in total. The number of benzene rings is 1. The average molecular weight is 436 g/mol. The quantitative estimate of drug-likeness (QED) is 0.666. The molecule has 0 aromatic heterocycles. The lowest BCUT2D eigenvalue weighted by atomic mass is 9.95. The van der Waals surface area contributed by atoms with E-state index in [1.165, 1.54) is 4.90 Å². The maximum absolute atomic E-state index is 13.0. The van der Waals surface area contributed by atoms with Gasteiger partial charge >= 0.3 is 0 Å². The van der Waals surface area contributed by atoms with Crippen molar-refractivity contribution in [2.24, 2.45) is 5.92 Å². The van der Waals surface area contributed by atoms with Crippen molar-refractivity contribution in [3.8, 4) is 0 Å². The molecule has 2 aliphatic rings. The topological polar surface area (TPSA) is 60.9 Å². The first kappa shape index (κ1) is 20.0. The van der Waals surface area contributed by atoms with Crippen LogP contribution < -0.4 is 4.90 Å². The van der Waals surface area contributed by atoms with Gasteiger partial charge in [-0.2, -0.15) is 0 Å². The van der Waals surface area contributed by atoms with Crippen molar-refractivity contribution in [2.45, 2.75) is 39.2 Å². The summed E-state index contributed by atoms with van der Waals surface area (Å²) in [7, 11) is 0. The summed E-state index contributed by atoms with van der Waals surface area (Å²) >= 11 is 3.37. The van der Waals surface area contributed by atoms with Crippen molar-refractivity contribution in [3.63, 3.8) is 0 Å². The van der Waals surface area contributed by atoms with Crippen molar-refractivity contribution in [1.82, 2.24) is 9.80 Å². The lowest BCUT2D eigenvalue weighted by molar-refractivity contribution is -0.138. The van der Waals surface area contributed by atoms with Crippen LogP contribution in [-0.2, 0) is 14.4 Å². The number of amides is 3. The number of carbonyl (C=O) groups excluding carboxylic acids is 3. The number of carbonyl (C=O) groups is 3. The number of hydrogen-bond donors (Lipinski definition) is 0. The van der Waals surface area contributed by atoms with E-state index in [0.717, 1.165) is 23.9 Å². The third-order valence-corrected chi connectivity index (χ3v) is 6.05. The van der Waals surface area contributed by atoms with Crippen molar-refractivity contribution >= 4 is 39.3 Å². The van der Waals surface area contributed by atoms with Crippen LogP contribution in [0.4, 0.5) is 5.69 Å². The minimum atomic E-state index is -0.464. The second-order valence-electron chi connectivity index (χ2n) is 7.11. The molecule has 0 unspecified atom stereocenters. The summed E-state index contributed by atoms with van der Waals surface area (Å²) in [4.78, 5) is 43.4. The van der Waals surface area contributed by atoms with Crippen molar-refractivity contribution in [1.29, 1.82) is 0 Å². The SMILES string of the molecule is CCN(CC)C(=O)[C@H]1CCCN([C@@H]2CC(=O)N(c3ccc(Br)cc3)C2=O)C1. The van der Waals surface area contributed by atoms with Gasteiger partial charge in [-0.3, -0.25) is 19.3 Å². The van der Waals surface area contributed by atoms with Crippen molar-refractivity contribution < 1.29 is 14.4 Å². The molecule has 2 aliphatic heterocycles. The molecule has 1 aromatic rings. The summed E-state index contributed by atoms with van der Waals surface area (Å²) < 4.78 is 0.899. The van der Waals surface area contributed by atoms with Crippen LogP contribution in [0.1, 0.15) is 33.1 Å². The molecule has 0 bridgehead atoms. The molecule has 3 rings (SSSR count). The molecule has 7 heteroatoms. The monoisotopic (exact) mass is 435 g/mol. The van der Waals surface area contributed by atoms with Gasteiger partial charge in [0.1, 0.15) is 0 Å². The molecule has 2 atom stereocenters. The molecule has 2 heterocycles. The highest BCUT2D eigenvalue weighted by atomic mass is 79.9. The summed E-state index contributed by atoms with van der Waals surface area (Å²) in [6.45, 7) is 6.66. The molecule has 3 amide bonds. The van der Waals surface area contributed by atoms with Crippen LogP contribution in [-0.4, -0.2) is 59.7 Å². The fraction of sp³-hybridized carbons (Fsp3) is 0.550. The van der Waals surface area contributed by atoms with Gasteiger partial charge in [0.05, 0.1) is 24.1 Å². The smallest absolute Gasteiger partial charge is 0.251 e. The van der Waals surface area contributed by atoms with Crippen molar-refractivity contribution in [2.75, 3.05) is 31.1 Å². The van der Waals surface area contributed by atoms with E-state index in [0.29, 0.717) is 25.3 Å². The Morgan fingerprint density at radius 1 is 1.19 bits per heavy atom. The van der Waals surface area contributed by atoms with Crippen LogP contribution >= 0.6 is 15.9 Å². The Hall–Kier alpha value is -1.73. The summed E-state index contributed by atoms with van der Waals surface area (Å²) in [5.41, 5.74) is 0.600. The molecule has 0 N–H and O–H groups in total. The van der Waals surface area contributed by atoms with E-state index in [9.17, 15) is 14.4 Å². The molecule has 0 radical (unpaired) electrons. The van der Waals surface area contributed by atoms with Gasteiger partial charge in [-0.15, -0.1) is 0 Å². The lowest BCUT2D eigenvalue weighted by Gasteiger charge is -2.36. The van der Waals surface area contributed by atoms with Crippen LogP contribution in [0, 0.1) is 5.92 Å². The number of anilines is 1. The summed E-state index contributed by atoms with van der Waals surface area (Å²) in [5, 5.41) is 0. The Bertz CT molecular complexity index is 718. The van der Waals surface area contributed by atoms with Gasteiger partial charge in [0, 0.05) is 24.1 Å². The van der Waals surface area contributed by atoms with E-state index in [-0.39, 0.29) is 30.1 Å². The molecule has 2 saturated heterocycles. The molecule has 2 fully saturated rings. The number of piperidine rings is 1. The first-order valence-corrected chi connectivity index (χ1v) is 10.4.